The fourth-order valence-corrected chi connectivity index (χ4v) is 6.24. The molecule has 3 aromatic carbocycles. The Kier molecular flexibility index (Phi) is 4.04. The average Bonchev–Trinajstić information content (AvgIpc) is 2.62. The monoisotopic (exact) mass is 301 g/mol. The summed E-state index contributed by atoms with van der Waals surface area (Å²) >= 11 is 0. The molecule has 0 aliphatic heterocycles. The van der Waals surface area contributed by atoms with E-state index in [2.05, 4.69) is 0 Å². The summed E-state index contributed by atoms with van der Waals surface area (Å²) in [5, 5.41) is 12.5. The molecule has 22 heavy (non-hydrogen) atoms. The zero-order valence-electron chi connectivity index (χ0n) is 12.0. The van der Waals surface area contributed by atoms with Crippen LogP contribution < -0.4 is 15.6 Å². The molecular formula is C19H15NOSi. The first kappa shape index (κ1) is 14.1. The largest absolute Gasteiger partial charge is 0.467 e. The Labute approximate surface area is 131 Å². The van der Waals surface area contributed by atoms with Crippen molar-refractivity contribution in [2.75, 3.05) is 0 Å². The Bertz CT molecular complexity index is 670. The fourth-order valence-electron chi connectivity index (χ4n) is 2.76. The van der Waals surface area contributed by atoms with E-state index in [4.69, 9.17) is 4.43 Å². The number of rotatable bonds is 4. The fraction of sp³-hybridized carbons (Fsp3) is 0. The van der Waals surface area contributed by atoms with Crippen LogP contribution in [0.4, 0.5) is 0 Å². The van der Waals surface area contributed by atoms with Crippen molar-refractivity contribution in [1.82, 2.24) is 0 Å². The molecule has 2 nitrogen and oxygen atoms in total. The highest BCUT2D eigenvalue weighted by Gasteiger charge is 2.44. The molecule has 0 aromatic heterocycles. The Balaban J connectivity index is 2.32. The molecule has 0 amide bonds. The Morgan fingerprint density at radius 2 is 0.909 bits per heavy atom. The van der Waals surface area contributed by atoms with E-state index in [-0.39, 0.29) is 0 Å². The minimum Gasteiger partial charge on any atom is -0.467 e. The van der Waals surface area contributed by atoms with E-state index in [0.717, 1.165) is 15.6 Å². The van der Waals surface area contributed by atoms with Crippen molar-refractivity contribution in [3.8, 4) is 6.26 Å². The normalized spacial score (nSPS) is 10.7. The van der Waals surface area contributed by atoms with Gasteiger partial charge in [-0.15, -0.1) is 0 Å². The van der Waals surface area contributed by atoms with Gasteiger partial charge in [0.05, 0.1) is 0 Å². The molecule has 0 fully saturated rings. The van der Waals surface area contributed by atoms with Gasteiger partial charge in [-0.05, 0) is 15.6 Å². The molecule has 0 aliphatic carbocycles. The van der Waals surface area contributed by atoms with E-state index < -0.39 is 8.32 Å². The first-order chi connectivity index (χ1) is 10.9. The van der Waals surface area contributed by atoms with Gasteiger partial charge in [0.2, 0.25) is 0 Å². The highest BCUT2D eigenvalue weighted by Crippen LogP contribution is 2.08. The molecule has 3 aromatic rings. The van der Waals surface area contributed by atoms with Crippen LogP contribution in [-0.2, 0) is 4.43 Å². The lowest BCUT2D eigenvalue weighted by molar-refractivity contribution is 0.525. The Morgan fingerprint density at radius 1 is 0.591 bits per heavy atom. The van der Waals surface area contributed by atoms with E-state index in [0.29, 0.717) is 0 Å². The molecule has 0 spiro atoms. The maximum Gasteiger partial charge on any atom is 0.362 e. The van der Waals surface area contributed by atoms with Crippen LogP contribution >= 0.6 is 0 Å². The maximum absolute atomic E-state index is 9.35. The Hall–Kier alpha value is -2.83. The number of nitriles is 1. The summed E-state index contributed by atoms with van der Waals surface area (Å²) in [4.78, 5) is 0. The quantitative estimate of drug-likeness (QED) is 0.420. The predicted octanol–water partition coefficient (Wildman–Crippen LogP) is 2.15. The van der Waals surface area contributed by atoms with Gasteiger partial charge in [0, 0.05) is 0 Å². The minimum absolute atomic E-state index is 1.06. The van der Waals surface area contributed by atoms with Gasteiger partial charge >= 0.3 is 8.32 Å². The molecule has 0 saturated heterocycles. The topological polar surface area (TPSA) is 33.0 Å². The smallest absolute Gasteiger partial charge is 0.362 e. The summed E-state index contributed by atoms with van der Waals surface area (Å²) in [6, 6.07) is 30.1. The molecular weight excluding hydrogens is 286 g/mol. The van der Waals surface area contributed by atoms with Gasteiger partial charge in [0.15, 0.2) is 0 Å². The van der Waals surface area contributed by atoms with Crippen LogP contribution in [0.1, 0.15) is 0 Å². The number of hydrogen-bond acceptors (Lipinski definition) is 2. The van der Waals surface area contributed by atoms with Crippen LogP contribution in [0.25, 0.3) is 0 Å². The number of benzene rings is 3. The lowest BCUT2D eigenvalue weighted by Gasteiger charge is -2.29. The van der Waals surface area contributed by atoms with Gasteiger partial charge in [-0.25, -0.2) is 0 Å². The van der Waals surface area contributed by atoms with Crippen LogP contribution in [0, 0.1) is 11.5 Å². The zero-order chi connectivity index (χ0) is 15.3. The summed E-state index contributed by atoms with van der Waals surface area (Å²) in [6.45, 7) is 0. The molecule has 3 heteroatoms. The van der Waals surface area contributed by atoms with Crippen molar-refractivity contribution in [1.29, 1.82) is 5.26 Å². The van der Waals surface area contributed by atoms with Crippen molar-refractivity contribution >= 4 is 23.9 Å². The second-order valence-electron chi connectivity index (χ2n) is 4.97. The molecule has 0 atom stereocenters. The lowest BCUT2D eigenvalue weighted by atomic mass is 10.3. The molecule has 3 rings (SSSR count). The molecule has 0 radical (unpaired) electrons. The van der Waals surface area contributed by atoms with Crippen LogP contribution in [0.5, 0.6) is 0 Å². The summed E-state index contributed by atoms with van der Waals surface area (Å²) < 4.78 is 5.83. The van der Waals surface area contributed by atoms with Gasteiger partial charge in [0.25, 0.3) is 6.26 Å². The summed E-state index contributed by atoms with van der Waals surface area (Å²) in [5.74, 6) is 0. The SMILES string of the molecule is N#CO[Si](c1ccccc1)(c1ccccc1)c1ccccc1. The molecule has 0 heterocycles. The van der Waals surface area contributed by atoms with Crippen molar-refractivity contribution < 1.29 is 4.43 Å². The highest BCUT2D eigenvalue weighted by molar-refractivity contribution is 7.07. The van der Waals surface area contributed by atoms with Gasteiger partial charge in [0.1, 0.15) is 0 Å². The van der Waals surface area contributed by atoms with Gasteiger partial charge < -0.3 is 4.43 Å². The van der Waals surface area contributed by atoms with Crippen LogP contribution in [-0.4, -0.2) is 8.32 Å². The van der Waals surface area contributed by atoms with Crippen LogP contribution in [0.15, 0.2) is 91.0 Å². The van der Waals surface area contributed by atoms with Crippen LogP contribution in [0.2, 0.25) is 0 Å². The van der Waals surface area contributed by atoms with Crippen molar-refractivity contribution in [2.24, 2.45) is 0 Å². The van der Waals surface area contributed by atoms with E-state index in [9.17, 15) is 5.26 Å². The summed E-state index contributed by atoms with van der Waals surface area (Å²) in [5.41, 5.74) is 0. The molecule has 0 aliphatic rings. The average molecular weight is 301 g/mol. The van der Waals surface area contributed by atoms with Crippen LogP contribution in [0.3, 0.4) is 0 Å². The second kappa shape index (κ2) is 6.29. The second-order valence-corrected chi connectivity index (χ2v) is 8.27. The molecule has 0 N–H and O–H groups in total. The van der Waals surface area contributed by atoms with Gasteiger partial charge in [-0.1, -0.05) is 91.0 Å². The standard InChI is InChI=1S/C19H15NOSi/c20-16-21-22(17-10-4-1-5-11-17,18-12-6-2-7-13-18)19-14-8-3-9-15-19/h1-15H. The van der Waals surface area contributed by atoms with Gasteiger partial charge in [-0.2, -0.15) is 5.26 Å². The molecule has 0 unspecified atom stereocenters. The van der Waals surface area contributed by atoms with E-state index in [1.807, 2.05) is 97.3 Å². The van der Waals surface area contributed by atoms with E-state index in [1.165, 1.54) is 0 Å². The number of nitrogens with zero attached hydrogens (tertiary/aromatic N) is 1. The first-order valence-corrected chi connectivity index (χ1v) is 9.02. The minimum atomic E-state index is -2.78. The summed E-state index contributed by atoms with van der Waals surface area (Å²) in [7, 11) is -2.78. The van der Waals surface area contributed by atoms with Crippen molar-refractivity contribution in [2.45, 2.75) is 0 Å². The maximum atomic E-state index is 9.35. The van der Waals surface area contributed by atoms with Gasteiger partial charge in [-0.3, -0.25) is 0 Å². The third-order valence-corrected chi connectivity index (χ3v) is 7.58. The Morgan fingerprint density at radius 3 is 1.18 bits per heavy atom. The number of hydrogen-bond donors (Lipinski definition) is 0. The zero-order valence-corrected chi connectivity index (χ0v) is 13.0. The predicted molar refractivity (Wildman–Crippen MR) is 90.7 cm³/mol. The summed E-state index contributed by atoms with van der Waals surface area (Å²) in [6.07, 6.45) is 1.97. The molecule has 0 saturated carbocycles. The van der Waals surface area contributed by atoms with Crippen molar-refractivity contribution in [3.05, 3.63) is 91.0 Å². The van der Waals surface area contributed by atoms with E-state index in [1.54, 1.807) is 0 Å². The molecule has 0 bridgehead atoms. The lowest BCUT2D eigenvalue weighted by Crippen LogP contribution is -2.68. The third-order valence-electron chi connectivity index (χ3n) is 3.74. The van der Waals surface area contributed by atoms with Crippen molar-refractivity contribution in [3.63, 3.8) is 0 Å². The third kappa shape index (κ3) is 2.41. The molecule has 106 valence electrons. The highest BCUT2D eigenvalue weighted by atomic mass is 28.4. The first-order valence-electron chi connectivity index (χ1n) is 7.11. The van der Waals surface area contributed by atoms with E-state index >= 15 is 0 Å².